The molecule has 2 aromatic rings. The minimum absolute atomic E-state index is 0.245. The molecule has 24 heavy (non-hydrogen) atoms. The smallest absolute Gasteiger partial charge is 0.223 e. The van der Waals surface area contributed by atoms with Crippen molar-refractivity contribution < 1.29 is 9.47 Å². The van der Waals surface area contributed by atoms with Crippen LogP contribution in [0.5, 0.6) is 11.5 Å². The predicted molar refractivity (Wildman–Crippen MR) is 89.1 cm³/mol. The predicted octanol–water partition coefficient (Wildman–Crippen LogP) is 1.29. The molecule has 8 nitrogen and oxygen atoms in total. The lowest BCUT2D eigenvalue weighted by atomic mass is 10.1. The molecular formula is C15H16N6O2S. The van der Waals surface area contributed by atoms with E-state index in [-0.39, 0.29) is 6.04 Å². The largest absolute Gasteiger partial charge is 0.486 e. The van der Waals surface area contributed by atoms with E-state index >= 15 is 0 Å². The van der Waals surface area contributed by atoms with Gasteiger partial charge in [-0.1, -0.05) is 0 Å². The summed E-state index contributed by atoms with van der Waals surface area (Å²) in [5, 5.41) is 2.99. The summed E-state index contributed by atoms with van der Waals surface area (Å²) in [4.78, 5) is 13.3. The Hall–Kier alpha value is -2.26. The highest BCUT2D eigenvalue weighted by Crippen LogP contribution is 2.44. The number of pyridine rings is 1. The van der Waals surface area contributed by atoms with Crippen molar-refractivity contribution in [1.29, 1.82) is 0 Å². The van der Waals surface area contributed by atoms with Crippen LogP contribution in [-0.2, 0) is 6.54 Å². The molecule has 2 aromatic heterocycles. The first kappa shape index (κ1) is 14.1. The molecule has 3 N–H and O–H groups in total. The third-order valence-electron chi connectivity index (χ3n) is 4.28. The second-order valence-electron chi connectivity index (χ2n) is 5.85. The van der Waals surface area contributed by atoms with Gasteiger partial charge in [0.15, 0.2) is 17.3 Å². The third kappa shape index (κ3) is 2.23. The van der Waals surface area contributed by atoms with E-state index in [0.29, 0.717) is 31.5 Å². The number of nitrogen functional groups attached to an aromatic ring is 1. The van der Waals surface area contributed by atoms with Crippen molar-refractivity contribution >= 4 is 23.5 Å². The van der Waals surface area contributed by atoms with Crippen molar-refractivity contribution in [2.75, 3.05) is 29.7 Å². The zero-order valence-corrected chi connectivity index (χ0v) is 13.7. The maximum Gasteiger partial charge on any atom is 0.223 e. The Labute approximate surface area is 142 Å². The van der Waals surface area contributed by atoms with Crippen molar-refractivity contribution in [2.24, 2.45) is 0 Å². The molecule has 124 valence electrons. The quantitative estimate of drug-likeness (QED) is 0.781. The summed E-state index contributed by atoms with van der Waals surface area (Å²) in [5.74, 6) is 3.62. The van der Waals surface area contributed by atoms with E-state index in [0.717, 1.165) is 40.0 Å². The van der Waals surface area contributed by atoms with Crippen molar-refractivity contribution in [2.45, 2.75) is 24.0 Å². The van der Waals surface area contributed by atoms with Crippen LogP contribution in [0.25, 0.3) is 0 Å². The Kier molecular flexibility index (Phi) is 3.17. The molecule has 0 bridgehead atoms. The van der Waals surface area contributed by atoms with E-state index in [1.807, 2.05) is 11.1 Å². The lowest BCUT2D eigenvalue weighted by molar-refractivity contribution is 0.170. The van der Waals surface area contributed by atoms with Gasteiger partial charge >= 0.3 is 0 Å². The number of nitrogens with one attached hydrogen (secondary N) is 1. The normalized spacial score (nSPS) is 20.8. The second kappa shape index (κ2) is 5.38. The number of anilines is 2. The average molecular weight is 344 g/mol. The van der Waals surface area contributed by atoms with Crippen molar-refractivity contribution in [3.05, 3.63) is 23.5 Å². The first-order chi connectivity index (χ1) is 11.8. The molecule has 1 atom stereocenters. The minimum Gasteiger partial charge on any atom is -0.486 e. The van der Waals surface area contributed by atoms with Gasteiger partial charge in [0, 0.05) is 17.4 Å². The average Bonchev–Trinajstić information content (AvgIpc) is 2.93. The molecule has 3 aliphatic rings. The van der Waals surface area contributed by atoms with Crippen molar-refractivity contribution in [3.63, 3.8) is 0 Å². The van der Waals surface area contributed by atoms with Crippen LogP contribution in [0, 0.1) is 0 Å². The zero-order chi connectivity index (χ0) is 16.1. The molecule has 0 aliphatic carbocycles. The summed E-state index contributed by atoms with van der Waals surface area (Å²) in [6.45, 7) is 1.70. The SMILES string of the molecule is Nc1nc2c3c(n1)N(Cc1cc4c(cn1)OCCO4)NC3CCS2. The maximum atomic E-state index is 5.88. The molecule has 0 aromatic carbocycles. The van der Waals surface area contributed by atoms with Gasteiger partial charge in [0.05, 0.1) is 24.5 Å². The molecular weight excluding hydrogens is 328 g/mol. The highest BCUT2D eigenvalue weighted by Gasteiger charge is 2.36. The molecule has 5 heterocycles. The van der Waals surface area contributed by atoms with Crippen LogP contribution in [0.3, 0.4) is 0 Å². The van der Waals surface area contributed by atoms with E-state index in [1.165, 1.54) is 0 Å². The van der Waals surface area contributed by atoms with E-state index in [2.05, 4.69) is 20.4 Å². The molecule has 0 saturated heterocycles. The monoisotopic (exact) mass is 344 g/mol. The standard InChI is InChI=1S/C15H16N6O2S/c16-15-18-13-12-9(1-4-24-14(12)19-15)20-21(13)7-8-5-10-11(6-17-8)23-3-2-22-10/h5-6,9,20H,1-4,7H2,(H2,16,18,19). The topological polar surface area (TPSA) is 98.4 Å². The summed E-state index contributed by atoms with van der Waals surface area (Å²) < 4.78 is 11.2. The maximum absolute atomic E-state index is 5.88. The molecule has 9 heteroatoms. The van der Waals surface area contributed by atoms with Crippen LogP contribution in [0.4, 0.5) is 11.8 Å². The second-order valence-corrected chi connectivity index (χ2v) is 6.93. The summed E-state index contributed by atoms with van der Waals surface area (Å²) >= 11 is 1.74. The number of fused-ring (bicyclic) bond motifs is 1. The molecule has 5 rings (SSSR count). The van der Waals surface area contributed by atoms with Crippen LogP contribution in [-0.4, -0.2) is 33.9 Å². The molecule has 0 radical (unpaired) electrons. The summed E-state index contributed by atoms with van der Waals surface area (Å²) in [5.41, 5.74) is 11.4. The summed E-state index contributed by atoms with van der Waals surface area (Å²) in [6, 6.07) is 2.16. The highest BCUT2D eigenvalue weighted by molar-refractivity contribution is 7.99. The first-order valence-electron chi connectivity index (χ1n) is 7.86. The number of hydrogen-bond donors (Lipinski definition) is 2. The van der Waals surface area contributed by atoms with Gasteiger partial charge in [-0.15, -0.1) is 11.8 Å². The fourth-order valence-corrected chi connectivity index (χ4v) is 4.32. The Morgan fingerprint density at radius 2 is 2.17 bits per heavy atom. The van der Waals surface area contributed by atoms with Gasteiger partial charge in [-0.05, 0) is 6.42 Å². The fraction of sp³-hybridized carbons (Fsp3) is 0.400. The number of hydrogen-bond acceptors (Lipinski definition) is 9. The number of rotatable bonds is 2. The van der Waals surface area contributed by atoms with Crippen molar-refractivity contribution in [3.8, 4) is 11.5 Å². The van der Waals surface area contributed by atoms with E-state index in [9.17, 15) is 0 Å². The van der Waals surface area contributed by atoms with Crippen LogP contribution >= 0.6 is 11.8 Å². The lowest BCUT2D eigenvalue weighted by Crippen LogP contribution is -2.35. The Morgan fingerprint density at radius 1 is 1.29 bits per heavy atom. The van der Waals surface area contributed by atoms with Gasteiger partial charge in [0.25, 0.3) is 0 Å². The number of aromatic nitrogens is 3. The van der Waals surface area contributed by atoms with Crippen LogP contribution in [0.15, 0.2) is 17.3 Å². The highest BCUT2D eigenvalue weighted by atomic mass is 32.2. The lowest BCUT2D eigenvalue weighted by Gasteiger charge is -2.22. The molecule has 0 saturated carbocycles. The minimum atomic E-state index is 0.245. The third-order valence-corrected chi connectivity index (χ3v) is 5.30. The molecule has 0 amide bonds. The Morgan fingerprint density at radius 3 is 3.08 bits per heavy atom. The van der Waals surface area contributed by atoms with E-state index in [1.54, 1.807) is 18.0 Å². The fourth-order valence-electron chi connectivity index (χ4n) is 3.23. The van der Waals surface area contributed by atoms with Gasteiger partial charge in [-0.3, -0.25) is 9.99 Å². The Balaban J connectivity index is 1.47. The van der Waals surface area contributed by atoms with Gasteiger partial charge in [0.2, 0.25) is 5.95 Å². The van der Waals surface area contributed by atoms with Gasteiger partial charge in [-0.25, -0.2) is 10.4 Å². The molecule has 0 spiro atoms. The zero-order valence-electron chi connectivity index (χ0n) is 12.9. The van der Waals surface area contributed by atoms with Gasteiger partial charge in [0.1, 0.15) is 18.2 Å². The Bertz CT molecular complexity index is 817. The summed E-state index contributed by atoms with van der Waals surface area (Å²) in [6.07, 6.45) is 2.76. The number of ether oxygens (including phenoxy) is 2. The van der Waals surface area contributed by atoms with Crippen LogP contribution in [0.2, 0.25) is 0 Å². The van der Waals surface area contributed by atoms with Crippen molar-refractivity contribution in [1.82, 2.24) is 20.4 Å². The van der Waals surface area contributed by atoms with Gasteiger partial charge < -0.3 is 15.2 Å². The summed E-state index contributed by atoms with van der Waals surface area (Å²) in [7, 11) is 0. The molecule has 0 fully saturated rings. The van der Waals surface area contributed by atoms with Crippen LogP contribution in [0.1, 0.15) is 23.7 Å². The number of hydrazine groups is 1. The number of nitrogens with two attached hydrogens (primary N) is 1. The van der Waals surface area contributed by atoms with E-state index < -0.39 is 0 Å². The first-order valence-corrected chi connectivity index (χ1v) is 8.85. The number of nitrogens with zero attached hydrogens (tertiary/aromatic N) is 4. The van der Waals surface area contributed by atoms with E-state index in [4.69, 9.17) is 15.2 Å². The molecule has 1 unspecified atom stereocenters. The van der Waals surface area contributed by atoms with Crippen LogP contribution < -0.4 is 25.6 Å². The molecule has 3 aliphatic heterocycles. The number of thioether (sulfide) groups is 1. The van der Waals surface area contributed by atoms with Gasteiger partial charge in [-0.2, -0.15) is 4.98 Å².